The Morgan fingerprint density at radius 3 is 2.83 bits per heavy atom. The van der Waals surface area contributed by atoms with Gasteiger partial charge in [-0.1, -0.05) is 40.9 Å². The first-order valence-electron chi connectivity index (χ1n) is 6.46. The summed E-state index contributed by atoms with van der Waals surface area (Å²) in [5.74, 6) is 0. The molecule has 6 nitrogen and oxygen atoms in total. The summed E-state index contributed by atoms with van der Waals surface area (Å²) in [5.41, 5.74) is 4.27. The Hall–Kier alpha value is -1.76. The van der Waals surface area contributed by atoms with E-state index < -0.39 is 6.09 Å². The van der Waals surface area contributed by atoms with Crippen LogP contribution in [-0.2, 0) is 11.3 Å². The highest BCUT2D eigenvalue weighted by atomic mass is 35.5. The molecular formula is C14H13Cl3N4O2. The second-order valence-corrected chi connectivity index (χ2v) is 5.75. The van der Waals surface area contributed by atoms with Crippen molar-refractivity contribution in [2.75, 3.05) is 7.11 Å². The number of carbonyl (C=O) groups is 1. The van der Waals surface area contributed by atoms with Crippen LogP contribution in [0, 0.1) is 6.92 Å². The summed E-state index contributed by atoms with van der Waals surface area (Å²) in [6.45, 7) is 2.17. The lowest BCUT2D eigenvalue weighted by Crippen LogP contribution is -2.16. The molecule has 0 saturated heterocycles. The number of rotatable bonds is 4. The van der Waals surface area contributed by atoms with Gasteiger partial charge in [-0.05, 0) is 24.6 Å². The van der Waals surface area contributed by atoms with Crippen LogP contribution in [0.15, 0.2) is 23.3 Å². The number of hydrogen-bond donors (Lipinski definition) is 1. The molecule has 2 rings (SSSR count). The van der Waals surface area contributed by atoms with Crippen LogP contribution >= 0.6 is 34.8 Å². The van der Waals surface area contributed by atoms with E-state index in [0.29, 0.717) is 33.0 Å². The molecule has 1 N–H and O–H groups in total. The first-order valence-corrected chi connectivity index (χ1v) is 7.59. The molecule has 0 saturated carbocycles. The van der Waals surface area contributed by atoms with E-state index in [2.05, 4.69) is 20.4 Å². The van der Waals surface area contributed by atoms with E-state index in [0.717, 1.165) is 5.56 Å². The molecule has 1 amide bonds. The average molecular weight is 376 g/mol. The van der Waals surface area contributed by atoms with Crippen LogP contribution in [-0.4, -0.2) is 29.2 Å². The Kier molecular flexibility index (Phi) is 5.87. The fraction of sp³-hybridized carbons (Fsp3) is 0.214. The minimum absolute atomic E-state index is 0.379. The predicted molar refractivity (Wildman–Crippen MR) is 90.7 cm³/mol. The molecule has 0 aliphatic heterocycles. The molecule has 0 radical (unpaired) electrons. The van der Waals surface area contributed by atoms with Crippen molar-refractivity contribution in [1.82, 2.24) is 15.2 Å². The molecule has 1 heterocycles. The van der Waals surface area contributed by atoms with Crippen LogP contribution in [0.2, 0.25) is 15.2 Å². The lowest BCUT2D eigenvalue weighted by atomic mass is 10.2. The summed E-state index contributed by atoms with van der Waals surface area (Å²) in [4.78, 5) is 11.0. The topological polar surface area (TPSA) is 68.5 Å². The molecule has 0 bridgehead atoms. The fourth-order valence-electron chi connectivity index (χ4n) is 1.83. The van der Waals surface area contributed by atoms with Gasteiger partial charge in [0, 0.05) is 10.0 Å². The number of aryl methyl sites for hydroxylation is 1. The Bertz CT molecular complexity index is 759. The Morgan fingerprint density at radius 2 is 2.17 bits per heavy atom. The molecule has 1 aromatic heterocycles. The van der Waals surface area contributed by atoms with Crippen molar-refractivity contribution in [2.45, 2.75) is 13.5 Å². The molecular weight excluding hydrogens is 363 g/mol. The van der Waals surface area contributed by atoms with Gasteiger partial charge in [0.25, 0.3) is 0 Å². The third-order valence-electron chi connectivity index (χ3n) is 2.98. The molecule has 9 heteroatoms. The lowest BCUT2D eigenvalue weighted by Gasteiger charge is -2.06. The van der Waals surface area contributed by atoms with Gasteiger partial charge < -0.3 is 4.74 Å². The van der Waals surface area contributed by atoms with Gasteiger partial charge in [0.15, 0.2) is 0 Å². The van der Waals surface area contributed by atoms with Crippen molar-refractivity contribution in [3.8, 4) is 0 Å². The van der Waals surface area contributed by atoms with E-state index in [-0.39, 0.29) is 0 Å². The summed E-state index contributed by atoms with van der Waals surface area (Å²) in [6, 6.07) is 5.21. The van der Waals surface area contributed by atoms with E-state index in [1.165, 1.54) is 13.3 Å². The van der Waals surface area contributed by atoms with Gasteiger partial charge in [0.05, 0.1) is 31.1 Å². The van der Waals surface area contributed by atoms with Crippen LogP contribution in [0.1, 0.15) is 16.8 Å². The maximum Gasteiger partial charge on any atom is 0.427 e. The van der Waals surface area contributed by atoms with Crippen LogP contribution in [0.3, 0.4) is 0 Å². The monoisotopic (exact) mass is 374 g/mol. The fourth-order valence-corrected chi connectivity index (χ4v) is 2.58. The largest absolute Gasteiger partial charge is 0.452 e. The van der Waals surface area contributed by atoms with Gasteiger partial charge in [0.2, 0.25) is 0 Å². The molecule has 1 aromatic carbocycles. The van der Waals surface area contributed by atoms with Gasteiger partial charge in [-0.2, -0.15) is 10.2 Å². The zero-order chi connectivity index (χ0) is 17.0. The summed E-state index contributed by atoms with van der Waals surface area (Å²) < 4.78 is 6.00. The SMILES string of the molecule is COC(=O)N/N=C\c1c(C)nn(Cc2ccc(Cl)cc2Cl)c1Cl. The molecule has 0 spiro atoms. The number of methoxy groups -OCH3 is 1. The lowest BCUT2D eigenvalue weighted by molar-refractivity contribution is 0.171. The molecule has 2 aromatic rings. The maximum absolute atomic E-state index is 11.0. The quantitative estimate of drug-likeness (QED) is 0.651. The molecule has 23 heavy (non-hydrogen) atoms. The summed E-state index contributed by atoms with van der Waals surface area (Å²) >= 11 is 18.3. The number of nitrogens with one attached hydrogen (secondary N) is 1. The van der Waals surface area contributed by atoms with Crippen LogP contribution in [0.5, 0.6) is 0 Å². The Labute approximate surface area is 148 Å². The van der Waals surface area contributed by atoms with Crippen molar-refractivity contribution in [1.29, 1.82) is 0 Å². The van der Waals surface area contributed by atoms with Crippen LogP contribution < -0.4 is 5.43 Å². The normalized spacial score (nSPS) is 11.0. The van der Waals surface area contributed by atoms with Crippen molar-refractivity contribution >= 4 is 47.1 Å². The minimum Gasteiger partial charge on any atom is -0.452 e. The number of hydrazone groups is 1. The number of aromatic nitrogens is 2. The molecule has 0 unspecified atom stereocenters. The van der Waals surface area contributed by atoms with Gasteiger partial charge in [-0.15, -0.1) is 0 Å². The van der Waals surface area contributed by atoms with Crippen molar-refractivity contribution < 1.29 is 9.53 Å². The minimum atomic E-state index is -0.671. The number of halogens is 3. The molecule has 122 valence electrons. The highest BCUT2D eigenvalue weighted by molar-refractivity contribution is 6.35. The zero-order valence-electron chi connectivity index (χ0n) is 12.3. The first-order chi connectivity index (χ1) is 10.9. The highest BCUT2D eigenvalue weighted by Crippen LogP contribution is 2.24. The number of ether oxygens (including phenoxy) is 1. The van der Waals surface area contributed by atoms with Crippen LogP contribution in [0.4, 0.5) is 4.79 Å². The average Bonchev–Trinajstić information content (AvgIpc) is 2.77. The van der Waals surface area contributed by atoms with E-state index in [4.69, 9.17) is 34.8 Å². The maximum atomic E-state index is 11.0. The number of amides is 1. The standard InChI is InChI=1S/C14H13Cl3N4O2/c1-8-11(6-18-19-14(22)23-2)13(17)21(20-8)7-9-3-4-10(15)5-12(9)16/h3-6H,7H2,1-2H3,(H,19,22)/b18-6-. The van der Waals surface area contributed by atoms with E-state index in [9.17, 15) is 4.79 Å². The van der Waals surface area contributed by atoms with Gasteiger partial charge in [0.1, 0.15) is 5.15 Å². The highest BCUT2D eigenvalue weighted by Gasteiger charge is 2.13. The summed E-state index contributed by atoms with van der Waals surface area (Å²) in [6.07, 6.45) is 0.733. The Balaban J connectivity index is 2.21. The van der Waals surface area contributed by atoms with Gasteiger partial charge >= 0.3 is 6.09 Å². The van der Waals surface area contributed by atoms with Crippen LogP contribution in [0.25, 0.3) is 0 Å². The number of benzene rings is 1. The van der Waals surface area contributed by atoms with E-state index in [1.54, 1.807) is 23.7 Å². The van der Waals surface area contributed by atoms with E-state index >= 15 is 0 Å². The molecule has 0 aliphatic rings. The van der Waals surface area contributed by atoms with Crippen molar-refractivity contribution in [2.24, 2.45) is 5.10 Å². The van der Waals surface area contributed by atoms with Gasteiger partial charge in [-0.3, -0.25) is 0 Å². The molecule has 0 aliphatic carbocycles. The Morgan fingerprint density at radius 1 is 1.43 bits per heavy atom. The van der Waals surface area contributed by atoms with Crippen molar-refractivity contribution in [3.63, 3.8) is 0 Å². The van der Waals surface area contributed by atoms with Crippen molar-refractivity contribution in [3.05, 3.63) is 50.2 Å². The number of nitrogens with zero attached hydrogens (tertiary/aromatic N) is 3. The number of hydrogen-bond acceptors (Lipinski definition) is 4. The molecule has 0 atom stereocenters. The summed E-state index contributed by atoms with van der Waals surface area (Å²) in [5, 5.41) is 9.57. The predicted octanol–water partition coefficient (Wildman–Crippen LogP) is 3.89. The zero-order valence-corrected chi connectivity index (χ0v) is 14.6. The smallest absolute Gasteiger partial charge is 0.427 e. The number of carbonyl (C=O) groups excluding carboxylic acids is 1. The first kappa shape index (κ1) is 17.6. The van der Waals surface area contributed by atoms with E-state index in [1.807, 2.05) is 6.07 Å². The third kappa shape index (κ3) is 4.37. The van der Waals surface area contributed by atoms with Gasteiger partial charge in [-0.25, -0.2) is 14.9 Å². The summed E-state index contributed by atoms with van der Waals surface area (Å²) in [7, 11) is 1.25. The third-order valence-corrected chi connectivity index (χ3v) is 3.97. The second-order valence-electron chi connectivity index (χ2n) is 4.54. The molecule has 0 fully saturated rings. The second kappa shape index (κ2) is 7.68.